The molecule has 2 aromatic carbocycles. The van der Waals surface area contributed by atoms with E-state index >= 15 is 0 Å². The molecule has 0 atom stereocenters. The van der Waals surface area contributed by atoms with Crippen molar-refractivity contribution >= 4 is 27.7 Å². The molecule has 31 heavy (non-hydrogen) atoms. The number of carbonyl (C=O) groups is 1. The zero-order chi connectivity index (χ0) is 22.3. The lowest BCUT2D eigenvalue weighted by Gasteiger charge is -2.12. The van der Waals surface area contributed by atoms with Crippen molar-refractivity contribution in [2.45, 2.75) is 27.2 Å². The summed E-state index contributed by atoms with van der Waals surface area (Å²) in [6.45, 7) is 5.62. The number of ketones is 1. The van der Waals surface area contributed by atoms with Crippen LogP contribution in [0.4, 0.5) is 0 Å². The minimum Gasteiger partial charge on any atom is -0.497 e. The van der Waals surface area contributed by atoms with Crippen molar-refractivity contribution in [3.63, 3.8) is 0 Å². The second kappa shape index (κ2) is 7.95. The summed E-state index contributed by atoms with van der Waals surface area (Å²) in [4.78, 5) is 25.1. The molecule has 0 saturated carbocycles. The van der Waals surface area contributed by atoms with Crippen molar-refractivity contribution < 1.29 is 18.7 Å². The number of hydrogen-bond donors (Lipinski definition) is 0. The Labute approximate surface area is 180 Å². The first-order valence-electron chi connectivity index (χ1n) is 10.2. The average molecular weight is 419 g/mol. The van der Waals surface area contributed by atoms with Gasteiger partial charge in [0.05, 0.1) is 7.11 Å². The van der Waals surface area contributed by atoms with Crippen LogP contribution in [-0.4, -0.2) is 24.1 Å². The Bertz CT molecular complexity index is 1380. The van der Waals surface area contributed by atoms with Crippen LogP contribution in [0.5, 0.6) is 11.5 Å². The maximum Gasteiger partial charge on any atom is 0.336 e. The normalized spacial score (nSPS) is 11.3. The first-order valence-corrected chi connectivity index (χ1v) is 10.2. The van der Waals surface area contributed by atoms with E-state index < -0.39 is 0 Å². The number of fused-ring (bicyclic) bond motifs is 2. The fourth-order valence-corrected chi connectivity index (χ4v) is 4.10. The van der Waals surface area contributed by atoms with Crippen LogP contribution in [0.3, 0.4) is 0 Å². The van der Waals surface area contributed by atoms with Gasteiger partial charge >= 0.3 is 5.63 Å². The highest BCUT2D eigenvalue weighted by molar-refractivity contribution is 6.10. The number of carbonyl (C=O) groups excluding carboxylic acids is 1. The quantitative estimate of drug-likeness (QED) is 0.334. The largest absolute Gasteiger partial charge is 0.497 e. The summed E-state index contributed by atoms with van der Waals surface area (Å²) in [5, 5.41) is 1.72. The minimum atomic E-state index is -0.388. The Balaban J connectivity index is 1.68. The maximum atomic E-state index is 13.1. The van der Waals surface area contributed by atoms with Crippen LogP contribution in [0.25, 0.3) is 21.9 Å². The van der Waals surface area contributed by atoms with Crippen LogP contribution in [-0.2, 0) is 13.5 Å². The van der Waals surface area contributed by atoms with Gasteiger partial charge in [0.25, 0.3) is 0 Å². The summed E-state index contributed by atoms with van der Waals surface area (Å²) in [6.07, 6.45) is 0.726. The Kier molecular flexibility index (Phi) is 5.31. The van der Waals surface area contributed by atoms with E-state index in [-0.39, 0.29) is 18.0 Å². The third kappa shape index (κ3) is 3.48. The molecule has 0 N–H and O–H groups in total. The molecule has 160 valence electrons. The van der Waals surface area contributed by atoms with Gasteiger partial charge in [-0.15, -0.1) is 0 Å². The topological polar surface area (TPSA) is 70.7 Å². The number of ether oxygens (including phenoxy) is 2. The summed E-state index contributed by atoms with van der Waals surface area (Å²) in [7, 11) is 3.54. The van der Waals surface area contributed by atoms with E-state index in [4.69, 9.17) is 13.9 Å². The molecule has 4 rings (SSSR count). The van der Waals surface area contributed by atoms with E-state index in [1.165, 1.54) is 6.07 Å². The summed E-state index contributed by atoms with van der Waals surface area (Å²) >= 11 is 0. The van der Waals surface area contributed by atoms with Gasteiger partial charge in [-0.2, -0.15) is 0 Å². The summed E-state index contributed by atoms with van der Waals surface area (Å²) < 4.78 is 18.7. The van der Waals surface area contributed by atoms with Crippen molar-refractivity contribution in [2.24, 2.45) is 7.05 Å². The number of methoxy groups -OCH3 is 1. The lowest BCUT2D eigenvalue weighted by atomic mass is 10.0. The Hall–Kier alpha value is -3.54. The monoisotopic (exact) mass is 419 g/mol. The van der Waals surface area contributed by atoms with Gasteiger partial charge in [0.1, 0.15) is 17.1 Å². The lowest BCUT2D eigenvalue weighted by molar-refractivity contribution is 0.0922. The molecule has 2 aromatic heterocycles. The number of benzene rings is 2. The number of nitrogens with zero attached hydrogens (tertiary/aromatic N) is 1. The standard InChI is InChI=1S/C25H25NO5/c1-6-16-11-23(28)31-25-14(2)22(10-8-18(16)25)30-13-21(27)24-15(3)26(4)20-9-7-17(29-5)12-19(20)24/h7-12H,6,13H2,1-5H3. The fraction of sp³-hybridized carbons (Fsp3) is 0.280. The van der Waals surface area contributed by atoms with Gasteiger partial charge in [-0.3, -0.25) is 4.79 Å². The van der Waals surface area contributed by atoms with Gasteiger partial charge in [0.2, 0.25) is 5.78 Å². The molecule has 0 amide bonds. The summed E-state index contributed by atoms with van der Waals surface area (Å²) in [6, 6.07) is 10.9. The molecular weight excluding hydrogens is 394 g/mol. The van der Waals surface area contributed by atoms with E-state index in [2.05, 4.69) is 0 Å². The van der Waals surface area contributed by atoms with E-state index in [9.17, 15) is 9.59 Å². The van der Waals surface area contributed by atoms with Crippen molar-refractivity contribution in [3.05, 3.63) is 69.2 Å². The molecule has 4 aromatic rings. The number of rotatable bonds is 6. The highest BCUT2D eigenvalue weighted by Gasteiger charge is 2.20. The Morgan fingerprint density at radius 1 is 1.10 bits per heavy atom. The molecule has 0 saturated heterocycles. The van der Waals surface area contributed by atoms with E-state index in [0.29, 0.717) is 28.2 Å². The van der Waals surface area contributed by atoms with E-state index in [1.807, 2.05) is 62.7 Å². The second-order valence-electron chi connectivity index (χ2n) is 7.62. The Morgan fingerprint density at radius 2 is 1.87 bits per heavy atom. The highest BCUT2D eigenvalue weighted by Crippen LogP contribution is 2.31. The van der Waals surface area contributed by atoms with Gasteiger partial charge in [-0.25, -0.2) is 4.79 Å². The first-order chi connectivity index (χ1) is 14.8. The lowest BCUT2D eigenvalue weighted by Crippen LogP contribution is -2.13. The van der Waals surface area contributed by atoms with Gasteiger partial charge in [0.15, 0.2) is 6.61 Å². The third-order valence-corrected chi connectivity index (χ3v) is 5.91. The van der Waals surface area contributed by atoms with Crippen LogP contribution in [0.1, 0.15) is 34.1 Å². The van der Waals surface area contributed by atoms with Crippen molar-refractivity contribution in [1.82, 2.24) is 4.57 Å². The predicted octanol–water partition coefficient (Wildman–Crippen LogP) is 4.73. The second-order valence-corrected chi connectivity index (χ2v) is 7.62. The summed E-state index contributed by atoms with van der Waals surface area (Å²) in [5.74, 6) is 1.09. The minimum absolute atomic E-state index is 0.124. The average Bonchev–Trinajstić information content (AvgIpc) is 3.02. The van der Waals surface area contributed by atoms with Crippen LogP contribution < -0.4 is 15.1 Å². The van der Waals surface area contributed by atoms with E-state index in [1.54, 1.807) is 7.11 Å². The molecule has 0 unspecified atom stereocenters. The molecule has 0 fully saturated rings. The number of hydrogen-bond acceptors (Lipinski definition) is 5. The molecule has 0 aliphatic heterocycles. The van der Waals surface area contributed by atoms with Crippen LogP contribution in [0, 0.1) is 13.8 Å². The van der Waals surface area contributed by atoms with Gasteiger partial charge in [-0.1, -0.05) is 6.92 Å². The third-order valence-electron chi connectivity index (χ3n) is 5.91. The van der Waals surface area contributed by atoms with Gasteiger partial charge < -0.3 is 18.5 Å². The number of aryl methyl sites for hydroxylation is 3. The van der Waals surface area contributed by atoms with Crippen molar-refractivity contribution in [2.75, 3.05) is 13.7 Å². The summed E-state index contributed by atoms with van der Waals surface area (Å²) in [5.41, 5.74) is 4.19. The van der Waals surface area contributed by atoms with Gasteiger partial charge in [0, 0.05) is 46.2 Å². The van der Waals surface area contributed by atoms with Crippen LogP contribution in [0.2, 0.25) is 0 Å². The first kappa shape index (κ1) is 20.7. The van der Waals surface area contributed by atoms with Crippen molar-refractivity contribution in [1.29, 1.82) is 0 Å². The smallest absolute Gasteiger partial charge is 0.336 e. The molecule has 0 aliphatic carbocycles. The van der Waals surface area contributed by atoms with Gasteiger partial charge in [-0.05, 0) is 56.2 Å². The highest BCUT2D eigenvalue weighted by atomic mass is 16.5. The zero-order valence-electron chi connectivity index (χ0n) is 18.4. The predicted molar refractivity (Wildman–Crippen MR) is 121 cm³/mol. The molecule has 6 nitrogen and oxygen atoms in total. The zero-order valence-corrected chi connectivity index (χ0v) is 18.4. The van der Waals surface area contributed by atoms with Crippen LogP contribution in [0.15, 0.2) is 45.6 Å². The van der Waals surface area contributed by atoms with E-state index in [0.717, 1.165) is 34.0 Å². The molecule has 0 aliphatic rings. The molecule has 6 heteroatoms. The number of aromatic nitrogens is 1. The Morgan fingerprint density at radius 3 is 2.58 bits per heavy atom. The molecule has 2 heterocycles. The molecule has 0 radical (unpaired) electrons. The fourth-order valence-electron chi connectivity index (χ4n) is 4.10. The molecular formula is C25H25NO5. The SMILES string of the molecule is CCc1cc(=O)oc2c(C)c(OCC(=O)c3c(C)n(C)c4ccc(OC)cc34)ccc12. The van der Waals surface area contributed by atoms with Crippen molar-refractivity contribution in [3.8, 4) is 11.5 Å². The van der Waals surface area contributed by atoms with Crippen LogP contribution >= 0.6 is 0 Å². The molecule has 0 bridgehead atoms. The number of Topliss-reactive ketones (excluding diaryl/α,β-unsaturated/α-hetero) is 1. The maximum absolute atomic E-state index is 13.1. The molecule has 0 spiro atoms.